The fraction of sp³-hybridized carbons (Fsp3) is 0.611. The molecule has 0 aliphatic carbocycles. The Balaban J connectivity index is 1.76. The van der Waals surface area contributed by atoms with E-state index in [4.69, 9.17) is 9.47 Å². The van der Waals surface area contributed by atoms with Gasteiger partial charge in [-0.25, -0.2) is 4.79 Å². The summed E-state index contributed by atoms with van der Waals surface area (Å²) >= 11 is 0. The lowest BCUT2D eigenvalue weighted by atomic mass is 10.1. The molecule has 5 heteroatoms. The number of piperidine rings is 1. The Morgan fingerprint density at radius 2 is 2.22 bits per heavy atom. The molecule has 0 bridgehead atoms. The second kappa shape index (κ2) is 9.40. The van der Waals surface area contributed by atoms with Crippen molar-refractivity contribution in [3.8, 4) is 5.75 Å². The predicted octanol–water partition coefficient (Wildman–Crippen LogP) is 2.84. The van der Waals surface area contributed by atoms with Crippen LogP contribution in [0.25, 0.3) is 0 Å². The highest BCUT2D eigenvalue weighted by Crippen LogP contribution is 2.17. The van der Waals surface area contributed by atoms with E-state index in [0.29, 0.717) is 13.1 Å². The van der Waals surface area contributed by atoms with Crippen LogP contribution in [0.2, 0.25) is 0 Å². The van der Waals surface area contributed by atoms with Crippen molar-refractivity contribution in [1.82, 2.24) is 10.2 Å². The molecule has 23 heavy (non-hydrogen) atoms. The van der Waals surface area contributed by atoms with Crippen molar-refractivity contribution in [3.05, 3.63) is 29.8 Å². The van der Waals surface area contributed by atoms with Crippen LogP contribution in [0, 0.1) is 0 Å². The number of ether oxygens (including phenoxy) is 2. The molecule has 5 nitrogen and oxygen atoms in total. The van der Waals surface area contributed by atoms with E-state index in [1.165, 1.54) is 0 Å². The van der Waals surface area contributed by atoms with E-state index in [-0.39, 0.29) is 12.1 Å². The van der Waals surface area contributed by atoms with Crippen LogP contribution >= 0.6 is 0 Å². The maximum absolute atomic E-state index is 12.3. The number of urea groups is 1. The molecular weight excluding hydrogens is 292 g/mol. The smallest absolute Gasteiger partial charge is 0.317 e. The van der Waals surface area contributed by atoms with Crippen molar-refractivity contribution in [2.24, 2.45) is 0 Å². The Hall–Kier alpha value is -1.75. The van der Waals surface area contributed by atoms with Gasteiger partial charge in [-0.05, 0) is 37.3 Å². The number of rotatable bonds is 7. The number of carbonyl (C=O) groups is 1. The second-order valence-corrected chi connectivity index (χ2v) is 5.87. The first-order valence-electron chi connectivity index (χ1n) is 8.50. The predicted molar refractivity (Wildman–Crippen MR) is 90.9 cm³/mol. The van der Waals surface area contributed by atoms with Gasteiger partial charge in [0.05, 0.1) is 13.2 Å². The number of nitrogens with one attached hydrogen (secondary N) is 1. The van der Waals surface area contributed by atoms with Gasteiger partial charge in [0.15, 0.2) is 0 Å². The molecule has 2 amide bonds. The lowest BCUT2D eigenvalue weighted by Crippen LogP contribution is -2.48. The summed E-state index contributed by atoms with van der Waals surface area (Å²) in [6.45, 7) is 4.99. The third kappa shape index (κ3) is 5.43. The third-order valence-electron chi connectivity index (χ3n) is 4.09. The van der Waals surface area contributed by atoms with Gasteiger partial charge in [-0.3, -0.25) is 0 Å². The van der Waals surface area contributed by atoms with Crippen molar-refractivity contribution in [2.75, 3.05) is 33.4 Å². The van der Waals surface area contributed by atoms with Crippen molar-refractivity contribution in [2.45, 2.75) is 38.7 Å². The normalized spacial score (nSPS) is 17.8. The SMILES string of the molecule is CCCO[C@@H]1CCCN(C(=O)NCCc2ccccc2OC)C1. The number of methoxy groups -OCH3 is 1. The summed E-state index contributed by atoms with van der Waals surface area (Å²) in [4.78, 5) is 14.2. The van der Waals surface area contributed by atoms with Gasteiger partial charge in [0, 0.05) is 26.2 Å². The van der Waals surface area contributed by atoms with Crippen LogP contribution in [-0.2, 0) is 11.2 Å². The summed E-state index contributed by atoms with van der Waals surface area (Å²) in [5.41, 5.74) is 1.11. The van der Waals surface area contributed by atoms with Gasteiger partial charge in [0.25, 0.3) is 0 Å². The number of hydrogen-bond acceptors (Lipinski definition) is 3. The van der Waals surface area contributed by atoms with Gasteiger partial charge in [0.1, 0.15) is 5.75 Å². The molecular formula is C18H28N2O3. The van der Waals surface area contributed by atoms with Crippen molar-refractivity contribution in [1.29, 1.82) is 0 Å². The molecule has 1 aliphatic heterocycles. The van der Waals surface area contributed by atoms with E-state index in [1.54, 1.807) is 7.11 Å². The maximum Gasteiger partial charge on any atom is 0.317 e. The summed E-state index contributed by atoms with van der Waals surface area (Å²) in [6, 6.07) is 7.91. The fourth-order valence-corrected chi connectivity index (χ4v) is 2.87. The van der Waals surface area contributed by atoms with Gasteiger partial charge in [-0.2, -0.15) is 0 Å². The van der Waals surface area contributed by atoms with Crippen molar-refractivity contribution >= 4 is 6.03 Å². The minimum absolute atomic E-state index is 0.00435. The molecule has 0 saturated carbocycles. The molecule has 128 valence electrons. The Kier molecular flexibility index (Phi) is 7.20. The van der Waals surface area contributed by atoms with Crippen LogP contribution < -0.4 is 10.1 Å². The summed E-state index contributed by atoms with van der Waals surface area (Å²) in [5.74, 6) is 0.868. The molecule has 0 unspecified atom stereocenters. The van der Waals surface area contributed by atoms with Crippen LogP contribution in [0.15, 0.2) is 24.3 Å². The van der Waals surface area contributed by atoms with Gasteiger partial charge < -0.3 is 19.7 Å². The molecule has 1 fully saturated rings. The van der Waals surface area contributed by atoms with Gasteiger partial charge in [0.2, 0.25) is 0 Å². The van der Waals surface area contributed by atoms with Crippen molar-refractivity contribution in [3.63, 3.8) is 0 Å². The number of carbonyl (C=O) groups excluding carboxylic acids is 1. The molecule has 1 aliphatic rings. The molecule has 1 saturated heterocycles. The largest absolute Gasteiger partial charge is 0.496 e. The molecule has 2 rings (SSSR count). The molecule has 1 heterocycles. The number of likely N-dealkylation sites (tertiary alicyclic amines) is 1. The lowest BCUT2D eigenvalue weighted by Gasteiger charge is -2.32. The number of benzene rings is 1. The number of nitrogens with zero attached hydrogens (tertiary/aromatic N) is 1. The zero-order valence-corrected chi connectivity index (χ0v) is 14.2. The summed E-state index contributed by atoms with van der Waals surface area (Å²) in [5, 5.41) is 3.00. The zero-order chi connectivity index (χ0) is 16.5. The second-order valence-electron chi connectivity index (χ2n) is 5.87. The Morgan fingerprint density at radius 3 is 3.00 bits per heavy atom. The highest BCUT2D eigenvalue weighted by Gasteiger charge is 2.23. The van der Waals surface area contributed by atoms with Gasteiger partial charge in [-0.15, -0.1) is 0 Å². The lowest BCUT2D eigenvalue weighted by molar-refractivity contribution is 0.0101. The molecule has 0 radical (unpaired) electrons. The van der Waals surface area contributed by atoms with Gasteiger partial charge >= 0.3 is 6.03 Å². The molecule has 1 N–H and O–H groups in total. The summed E-state index contributed by atoms with van der Waals surface area (Å²) in [6.07, 6.45) is 4.02. The first-order valence-corrected chi connectivity index (χ1v) is 8.50. The van der Waals surface area contributed by atoms with E-state index in [0.717, 1.165) is 50.1 Å². The zero-order valence-electron chi connectivity index (χ0n) is 14.2. The van der Waals surface area contributed by atoms with Crippen LogP contribution in [0.5, 0.6) is 5.75 Å². The Labute approximate surface area is 139 Å². The first kappa shape index (κ1) is 17.6. The minimum Gasteiger partial charge on any atom is -0.496 e. The average Bonchev–Trinajstić information content (AvgIpc) is 2.60. The van der Waals surface area contributed by atoms with Crippen LogP contribution in [0.4, 0.5) is 4.79 Å². The highest BCUT2D eigenvalue weighted by atomic mass is 16.5. The standard InChI is InChI=1S/C18H28N2O3/c1-3-13-23-16-8-6-12-20(14-16)18(21)19-11-10-15-7-4-5-9-17(15)22-2/h4-5,7,9,16H,3,6,8,10-14H2,1-2H3,(H,19,21)/t16-/m1/s1. The van der Waals surface area contributed by atoms with E-state index in [1.807, 2.05) is 29.2 Å². The Bertz CT molecular complexity index is 493. The third-order valence-corrected chi connectivity index (χ3v) is 4.09. The number of para-hydroxylation sites is 1. The number of hydrogen-bond donors (Lipinski definition) is 1. The quantitative estimate of drug-likeness (QED) is 0.840. The molecule has 1 aromatic rings. The van der Waals surface area contributed by atoms with Crippen LogP contribution in [0.3, 0.4) is 0 Å². The minimum atomic E-state index is 0.00435. The van der Waals surface area contributed by atoms with Crippen LogP contribution in [0.1, 0.15) is 31.7 Å². The van der Waals surface area contributed by atoms with E-state index in [2.05, 4.69) is 12.2 Å². The summed E-state index contributed by atoms with van der Waals surface area (Å²) in [7, 11) is 1.67. The molecule has 1 aromatic carbocycles. The van der Waals surface area contributed by atoms with E-state index < -0.39 is 0 Å². The first-order chi connectivity index (χ1) is 11.2. The topological polar surface area (TPSA) is 50.8 Å². The molecule has 0 spiro atoms. The van der Waals surface area contributed by atoms with Crippen molar-refractivity contribution < 1.29 is 14.3 Å². The van der Waals surface area contributed by atoms with E-state index >= 15 is 0 Å². The van der Waals surface area contributed by atoms with Crippen LogP contribution in [-0.4, -0.2) is 50.4 Å². The molecule has 1 atom stereocenters. The van der Waals surface area contributed by atoms with Gasteiger partial charge in [-0.1, -0.05) is 25.1 Å². The molecule has 0 aromatic heterocycles. The Morgan fingerprint density at radius 1 is 1.39 bits per heavy atom. The van der Waals surface area contributed by atoms with E-state index in [9.17, 15) is 4.79 Å². The monoisotopic (exact) mass is 320 g/mol. The average molecular weight is 320 g/mol. The number of amides is 2. The summed E-state index contributed by atoms with van der Waals surface area (Å²) < 4.78 is 11.1. The fourth-order valence-electron chi connectivity index (χ4n) is 2.87. The highest BCUT2D eigenvalue weighted by molar-refractivity contribution is 5.74. The maximum atomic E-state index is 12.3.